The number of nitrogens with zero attached hydrogens (tertiary/aromatic N) is 4. The van der Waals surface area contributed by atoms with Crippen LogP contribution in [0.3, 0.4) is 0 Å². The number of rotatable bonds is 6. The van der Waals surface area contributed by atoms with Crippen molar-refractivity contribution in [1.29, 1.82) is 5.26 Å². The van der Waals surface area contributed by atoms with Crippen molar-refractivity contribution in [3.63, 3.8) is 0 Å². The minimum Gasteiger partial charge on any atom is -0.490 e. The number of piperidine rings is 1. The van der Waals surface area contributed by atoms with E-state index >= 15 is 0 Å². The fourth-order valence-corrected chi connectivity index (χ4v) is 4.86. The van der Waals surface area contributed by atoms with Crippen molar-refractivity contribution in [3.8, 4) is 11.8 Å². The van der Waals surface area contributed by atoms with Crippen molar-refractivity contribution >= 4 is 23.3 Å². The first-order valence-corrected chi connectivity index (χ1v) is 12.3. The second-order valence-corrected chi connectivity index (χ2v) is 9.43. The lowest BCUT2D eigenvalue weighted by Gasteiger charge is -2.32. The van der Waals surface area contributed by atoms with Gasteiger partial charge in [-0.15, -0.1) is 10.2 Å². The lowest BCUT2D eigenvalue weighted by atomic mass is 9.92. The molecular weight excluding hydrogens is 452 g/mol. The van der Waals surface area contributed by atoms with E-state index in [1.165, 1.54) is 0 Å². The highest BCUT2D eigenvalue weighted by molar-refractivity contribution is 6.32. The number of anilines is 1. The Morgan fingerprint density at radius 3 is 2.44 bits per heavy atom. The molecule has 1 aliphatic heterocycles. The van der Waals surface area contributed by atoms with Gasteiger partial charge >= 0.3 is 0 Å². The van der Waals surface area contributed by atoms with Crippen LogP contribution >= 0.6 is 11.6 Å². The van der Waals surface area contributed by atoms with Gasteiger partial charge in [-0.05, 0) is 76.8 Å². The highest BCUT2D eigenvalue weighted by atomic mass is 35.5. The third-order valence-electron chi connectivity index (χ3n) is 6.87. The third-order valence-corrected chi connectivity index (χ3v) is 7.36. The molecule has 1 saturated heterocycles. The number of hydrogen-bond donors (Lipinski definition) is 2. The van der Waals surface area contributed by atoms with E-state index < -0.39 is 0 Å². The number of nitriles is 1. The molecule has 1 aromatic heterocycles. The van der Waals surface area contributed by atoms with Crippen molar-refractivity contribution in [2.45, 2.75) is 63.6 Å². The number of carbonyl (C=O) groups excluding carboxylic acids is 1. The first-order chi connectivity index (χ1) is 16.5. The predicted molar refractivity (Wildman–Crippen MR) is 131 cm³/mol. The number of halogens is 1. The van der Waals surface area contributed by atoms with Gasteiger partial charge in [0.2, 0.25) is 0 Å². The number of aromatic nitrogens is 2. The van der Waals surface area contributed by atoms with Crippen LogP contribution in [0.15, 0.2) is 24.3 Å². The van der Waals surface area contributed by atoms with Crippen LogP contribution < -0.4 is 20.3 Å². The fourth-order valence-electron chi connectivity index (χ4n) is 4.66. The molecule has 1 amide bonds. The summed E-state index contributed by atoms with van der Waals surface area (Å²) in [6.45, 7) is 3.73. The van der Waals surface area contributed by atoms with Crippen molar-refractivity contribution < 1.29 is 9.53 Å². The zero-order chi connectivity index (χ0) is 24.1. The summed E-state index contributed by atoms with van der Waals surface area (Å²) in [7, 11) is 2.00. The highest BCUT2D eigenvalue weighted by Gasteiger charge is 2.26. The molecule has 4 rings (SSSR count). The average Bonchev–Trinajstić information content (AvgIpc) is 2.88. The van der Waals surface area contributed by atoms with Crippen LogP contribution in [-0.4, -0.2) is 54.4 Å². The van der Waals surface area contributed by atoms with Crippen LogP contribution in [0.4, 0.5) is 5.82 Å². The van der Waals surface area contributed by atoms with Gasteiger partial charge < -0.3 is 20.3 Å². The third kappa shape index (κ3) is 5.60. The molecule has 1 saturated carbocycles. The first-order valence-electron chi connectivity index (χ1n) is 11.9. The predicted octanol–water partition coefficient (Wildman–Crippen LogP) is 3.62. The van der Waals surface area contributed by atoms with Crippen LogP contribution in [0, 0.1) is 18.3 Å². The van der Waals surface area contributed by atoms with Crippen LogP contribution in [0.5, 0.6) is 5.75 Å². The summed E-state index contributed by atoms with van der Waals surface area (Å²) in [6, 6.07) is 9.86. The monoisotopic (exact) mass is 482 g/mol. The molecule has 1 aromatic carbocycles. The molecule has 0 atom stereocenters. The molecule has 2 heterocycles. The Bertz CT molecular complexity index is 1040. The summed E-state index contributed by atoms with van der Waals surface area (Å²) in [4.78, 5) is 14.9. The molecule has 0 radical (unpaired) electrons. The van der Waals surface area contributed by atoms with E-state index in [1.54, 1.807) is 18.2 Å². The van der Waals surface area contributed by atoms with Crippen molar-refractivity contribution in [3.05, 3.63) is 46.1 Å². The normalized spacial score (nSPS) is 21.1. The Morgan fingerprint density at radius 1 is 1.09 bits per heavy atom. The summed E-state index contributed by atoms with van der Waals surface area (Å²) in [5, 5.41) is 24.4. The summed E-state index contributed by atoms with van der Waals surface area (Å²) in [6.07, 6.45) is 5.51. The number of benzene rings is 1. The Morgan fingerprint density at radius 2 is 1.82 bits per heavy atom. The van der Waals surface area contributed by atoms with E-state index in [2.05, 4.69) is 31.8 Å². The van der Waals surface area contributed by atoms with E-state index in [4.69, 9.17) is 21.6 Å². The number of carbonyl (C=O) groups is 1. The Labute approximate surface area is 205 Å². The second-order valence-electron chi connectivity index (χ2n) is 9.05. The van der Waals surface area contributed by atoms with E-state index in [9.17, 15) is 4.79 Å². The van der Waals surface area contributed by atoms with Gasteiger partial charge in [0.25, 0.3) is 5.91 Å². The zero-order valence-corrected chi connectivity index (χ0v) is 20.4. The summed E-state index contributed by atoms with van der Waals surface area (Å²) < 4.78 is 6.15. The van der Waals surface area contributed by atoms with Gasteiger partial charge in [-0.25, -0.2) is 0 Å². The van der Waals surface area contributed by atoms with Gasteiger partial charge in [-0.1, -0.05) is 11.6 Å². The summed E-state index contributed by atoms with van der Waals surface area (Å²) >= 11 is 6.25. The van der Waals surface area contributed by atoms with E-state index in [0.29, 0.717) is 28.1 Å². The highest BCUT2D eigenvalue weighted by Crippen LogP contribution is 2.32. The smallest absolute Gasteiger partial charge is 0.272 e. The maximum Gasteiger partial charge on any atom is 0.272 e. The van der Waals surface area contributed by atoms with E-state index in [1.807, 2.05) is 20.0 Å². The molecule has 0 bridgehead atoms. The number of amides is 1. The lowest BCUT2D eigenvalue weighted by Crippen LogP contribution is -2.42. The molecule has 180 valence electrons. The van der Waals surface area contributed by atoms with Gasteiger partial charge in [-0.3, -0.25) is 4.79 Å². The standard InChI is InChI=1S/C25H31ClN6O2/c1-16-22(9-3-17(15-27)24(16)26)34-20-6-4-19(5-7-20)29-25(33)21-8-10-23(31-30-21)32-13-11-18(28-2)12-14-32/h3,8-10,18-20,28H,4-7,11-14H2,1-2H3,(H,29,33). The molecule has 0 unspecified atom stereocenters. The van der Waals surface area contributed by atoms with Crippen molar-refractivity contribution in [2.75, 3.05) is 25.0 Å². The zero-order valence-electron chi connectivity index (χ0n) is 19.7. The molecule has 2 aromatic rings. The largest absolute Gasteiger partial charge is 0.490 e. The molecule has 0 spiro atoms. The van der Waals surface area contributed by atoms with Crippen LogP contribution in [-0.2, 0) is 0 Å². The maximum absolute atomic E-state index is 12.7. The average molecular weight is 483 g/mol. The van der Waals surface area contributed by atoms with Crippen molar-refractivity contribution in [1.82, 2.24) is 20.8 Å². The number of hydrogen-bond acceptors (Lipinski definition) is 7. The van der Waals surface area contributed by atoms with Crippen molar-refractivity contribution in [2.24, 2.45) is 0 Å². The van der Waals surface area contributed by atoms with Gasteiger partial charge in [-0.2, -0.15) is 5.26 Å². The molecule has 8 nitrogen and oxygen atoms in total. The minimum atomic E-state index is -0.188. The molecule has 2 aliphatic rings. The Kier molecular flexibility index (Phi) is 7.86. The van der Waals surface area contributed by atoms with Gasteiger partial charge in [0.05, 0.1) is 16.7 Å². The molecule has 1 aliphatic carbocycles. The second kappa shape index (κ2) is 11.0. The Balaban J connectivity index is 1.25. The molecular formula is C25H31ClN6O2. The van der Waals surface area contributed by atoms with Gasteiger partial charge in [0, 0.05) is 30.7 Å². The van der Waals surface area contributed by atoms with Crippen LogP contribution in [0.1, 0.15) is 60.1 Å². The summed E-state index contributed by atoms with van der Waals surface area (Å²) in [5.74, 6) is 1.34. The minimum absolute atomic E-state index is 0.0574. The molecule has 9 heteroatoms. The lowest BCUT2D eigenvalue weighted by molar-refractivity contribution is 0.0887. The topological polar surface area (TPSA) is 103 Å². The van der Waals surface area contributed by atoms with Gasteiger partial charge in [0.15, 0.2) is 11.5 Å². The number of nitrogens with one attached hydrogen (secondary N) is 2. The fraction of sp³-hybridized carbons (Fsp3) is 0.520. The number of ether oxygens (including phenoxy) is 1. The first kappa shape index (κ1) is 24.2. The maximum atomic E-state index is 12.7. The van der Waals surface area contributed by atoms with E-state index in [0.717, 1.165) is 63.0 Å². The quantitative estimate of drug-likeness (QED) is 0.648. The molecule has 2 fully saturated rings. The Hall–Kier alpha value is -2.89. The molecule has 34 heavy (non-hydrogen) atoms. The molecule has 2 N–H and O–H groups in total. The van der Waals surface area contributed by atoms with Crippen LogP contribution in [0.25, 0.3) is 0 Å². The van der Waals surface area contributed by atoms with E-state index in [-0.39, 0.29) is 18.1 Å². The van der Waals surface area contributed by atoms with Crippen LogP contribution in [0.2, 0.25) is 5.02 Å². The van der Waals surface area contributed by atoms with Gasteiger partial charge in [0.1, 0.15) is 11.8 Å². The summed E-state index contributed by atoms with van der Waals surface area (Å²) in [5.41, 5.74) is 1.58. The SMILES string of the molecule is CNC1CCN(c2ccc(C(=O)NC3CCC(Oc4ccc(C#N)c(Cl)c4C)CC3)nn2)CC1.